The second kappa shape index (κ2) is 15.2. The minimum absolute atomic E-state index is 0.0313. The molecule has 0 radical (unpaired) electrons. The van der Waals surface area contributed by atoms with Crippen LogP contribution in [-0.4, -0.2) is 97.5 Å². The van der Waals surface area contributed by atoms with Gasteiger partial charge in [-0.2, -0.15) is 0 Å². The number of hydrogen-bond acceptors (Lipinski definition) is 5. The van der Waals surface area contributed by atoms with Gasteiger partial charge in [-0.25, -0.2) is 0 Å². The van der Waals surface area contributed by atoms with Gasteiger partial charge in [0.15, 0.2) is 0 Å². The second-order valence-corrected chi connectivity index (χ2v) is 12.5. The number of likely N-dealkylation sites (N-methyl/N-ethyl adjacent to an activating group) is 2. The van der Waals surface area contributed by atoms with Gasteiger partial charge >= 0.3 is 0 Å². The molecule has 1 saturated heterocycles. The topological polar surface area (TPSA) is 67.9 Å². The van der Waals surface area contributed by atoms with Crippen LogP contribution in [0, 0.1) is 17.8 Å². The number of likely N-dealkylation sites (tertiary alicyclic amines) is 1. The standard InChI is InChI=1S/C30H57N5O2/c1-10-11-28(36)32-29(22(4)5)24-18-26(19-24)34(9)17-16-33(8)25-12-14-35(15-13-25)20-27(21(2)3)31-30(37)23(6)7/h21,23-27,29H,4,10-20H2,1-3,5-9H3,(H,31,37)(H,32,36)/t24-,26-,27?,29-/m1/s1. The minimum atomic E-state index is 0.0313. The van der Waals surface area contributed by atoms with Gasteiger partial charge in [0.2, 0.25) is 11.8 Å². The van der Waals surface area contributed by atoms with Crippen molar-refractivity contribution >= 4 is 11.8 Å². The molecule has 1 aliphatic heterocycles. The molecule has 2 fully saturated rings. The van der Waals surface area contributed by atoms with Gasteiger partial charge < -0.3 is 25.3 Å². The number of carbonyl (C=O) groups excluding carboxylic acids is 2. The zero-order valence-corrected chi connectivity index (χ0v) is 25.2. The molecule has 2 rings (SSSR count). The molecule has 7 nitrogen and oxygen atoms in total. The predicted octanol–water partition coefficient (Wildman–Crippen LogP) is 3.75. The van der Waals surface area contributed by atoms with E-state index in [1.807, 2.05) is 27.7 Å². The summed E-state index contributed by atoms with van der Waals surface area (Å²) < 4.78 is 0. The lowest BCUT2D eigenvalue weighted by molar-refractivity contribution is -0.125. The zero-order chi connectivity index (χ0) is 27.7. The maximum Gasteiger partial charge on any atom is 0.222 e. The molecular formula is C30H57N5O2. The molecule has 0 aromatic rings. The van der Waals surface area contributed by atoms with Gasteiger partial charge in [-0.15, -0.1) is 0 Å². The highest BCUT2D eigenvalue weighted by Crippen LogP contribution is 2.35. The van der Waals surface area contributed by atoms with Gasteiger partial charge in [0.1, 0.15) is 0 Å². The SMILES string of the molecule is C=C(C)[C@@H](NC(=O)CCC)[C@H]1C[C@H](N(C)CCN(C)C2CCN(CC(NC(=O)C(C)C)C(C)C)CC2)C1. The normalized spacial score (nSPS) is 22.8. The van der Waals surface area contributed by atoms with E-state index in [2.05, 4.69) is 59.9 Å². The Morgan fingerprint density at radius 1 is 0.973 bits per heavy atom. The molecule has 1 heterocycles. The highest BCUT2D eigenvalue weighted by atomic mass is 16.2. The maximum absolute atomic E-state index is 12.2. The number of piperidine rings is 1. The molecule has 1 unspecified atom stereocenters. The number of nitrogens with one attached hydrogen (secondary N) is 2. The summed E-state index contributed by atoms with van der Waals surface area (Å²) in [6.45, 7) is 21.9. The lowest BCUT2D eigenvalue weighted by Crippen LogP contribution is -2.53. The van der Waals surface area contributed by atoms with Crippen molar-refractivity contribution in [3.63, 3.8) is 0 Å². The third-order valence-corrected chi connectivity index (χ3v) is 8.67. The summed E-state index contributed by atoms with van der Waals surface area (Å²) in [6, 6.07) is 1.56. The summed E-state index contributed by atoms with van der Waals surface area (Å²) in [5.74, 6) is 1.28. The smallest absolute Gasteiger partial charge is 0.222 e. The molecule has 37 heavy (non-hydrogen) atoms. The monoisotopic (exact) mass is 519 g/mol. The summed E-state index contributed by atoms with van der Waals surface area (Å²) in [5.41, 5.74) is 1.07. The van der Waals surface area contributed by atoms with Gasteiger partial charge in [0.05, 0.1) is 6.04 Å². The first-order valence-corrected chi connectivity index (χ1v) is 14.8. The molecule has 0 aromatic carbocycles. The third-order valence-electron chi connectivity index (χ3n) is 8.67. The van der Waals surface area contributed by atoms with Crippen LogP contribution in [0.2, 0.25) is 0 Å². The van der Waals surface area contributed by atoms with Gasteiger partial charge in [-0.3, -0.25) is 9.59 Å². The third kappa shape index (κ3) is 9.99. The average molecular weight is 520 g/mol. The Bertz CT molecular complexity index is 725. The van der Waals surface area contributed by atoms with E-state index in [1.165, 1.54) is 12.8 Å². The summed E-state index contributed by atoms with van der Waals surface area (Å²) in [5, 5.41) is 6.48. The van der Waals surface area contributed by atoms with Crippen LogP contribution in [0.4, 0.5) is 0 Å². The Kier molecular flexibility index (Phi) is 13.1. The molecule has 1 saturated carbocycles. The van der Waals surface area contributed by atoms with Crippen LogP contribution in [0.15, 0.2) is 12.2 Å². The van der Waals surface area contributed by atoms with Gasteiger partial charge in [-0.1, -0.05) is 46.8 Å². The Balaban J connectivity index is 1.71. The van der Waals surface area contributed by atoms with Crippen molar-refractivity contribution in [2.75, 3.05) is 46.8 Å². The molecule has 2 aliphatic rings. The molecule has 0 spiro atoms. The first-order chi connectivity index (χ1) is 17.4. The van der Waals surface area contributed by atoms with Crippen molar-refractivity contribution in [1.82, 2.24) is 25.3 Å². The second-order valence-electron chi connectivity index (χ2n) is 12.5. The quantitative estimate of drug-likeness (QED) is 0.323. The van der Waals surface area contributed by atoms with Gasteiger partial charge in [0, 0.05) is 50.1 Å². The fourth-order valence-electron chi connectivity index (χ4n) is 5.65. The number of rotatable bonds is 15. The molecule has 2 N–H and O–H groups in total. The van der Waals surface area contributed by atoms with E-state index in [0.717, 1.165) is 57.6 Å². The largest absolute Gasteiger partial charge is 0.352 e. The van der Waals surface area contributed by atoms with E-state index in [0.29, 0.717) is 30.3 Å². The number of amides is 2. The summed E-state index contributed by atoms with van der Waals surface area (Å²) in [7, 11) is 4.53. The molecular weight excluding hydrogens is 462 g/mol. The molecule has 0 bridgehead atoms. The molecule has 2 atom stereocenters. The van der Waals surface area contributed by atoms with E-state index in [1.54, 1.807) is 0 Å². The van der Waals surface area contributed by atoms with E-state index >= 15 is 0 Å². The van der Waals surface area contributed by atoms with Crippen molar-refractivity contribution in [3.05, 3.63) is 12.2 Å². The predicted molar refractivity (Wildman–Crippen MR) is 154 cm³/mol. The van der Waals surface area contributed by atoms with Crippen LogP contribution < -0.4 is 10.6 Å². The Morgan fingerprint density at radius 2 is 1.54 bits per heavy atom. The van der Waals surface area contributed by atoms with Crippen LogP contribution in [0.25, 0.3) is 0 Å². The number of nitrogens with zero attached hydrogens (tertiary/aromatic N) is 3. The van der Waals surface area contributed by atoms with Crippen molar-refractivity contribution in [3.8, 4) is 0 Å². The zero-order valence-electron chi connectivity index (χ0n) is 25.2. The van der Waals surface area contributed by atoms with E-state index in [4.69, 9.17) is 0 Å². The van der Waals surface area contributed by atoms with Crippen LogP contribution in [0.3, 0.4) is 0 Å². The van der Waals surface area contributed by atoms with Gasteiger partial charge in [-0.05, 0) is 78.0 Å². The molecule has 0 aromatic heterocycles. The molecule has 2 amide bonds. The van der Waals surface area contributed by atoms with Crippen LogP contribution in [0.1, 0.15) is 80.1 Å². The van der Waals surface area contributed by atoms with E-state index in [-0.39, 0.29) is 29.8 Å². The van der Waals surface area contributed by atoms with Crippen molar-refractivity contribution < 1.29 is 9.59 Å². The average Bonchev–Trinajstić information content (AvgIpc) is 2.80. The Hall–Kier alpha value is -1.44. The van der Waals surface area contributed by atoms with E-state index in [9.17, 15) is 9.59 Å². The Morgan fingerprint density at radius 3 is 2.03 bits per heavy atom. The van der Waals surface area contributed by atoms with E-state index < -0.39 is 0 Å². The minimum Gasteiger partial charge on any atom is -0.352 e. The maximum atomic E-state index is 12.2. The molecule has 1 aliphatic carbocycles. The van der Waals surface area contributed by atoms with Crippen molar-refractivity contribution in [1.29, 1.82) is 0 Å². The molecule has 214 valence electrons. The number of carbonyl (C=O) groups is 2. The Labute approximate surface area is 227 Å². The lowest BCUT2D eigenvalue weighted by atomic mass is 9.73. The summed E-state index contributed by atoms with van der Waals surface area (Å²) >= 11 is 0. The molecule has 7 heteroatoms. The van der Waals surface area contributed by atoms with Gasteiger partial charge in [0.25, 0.3) is 0 Å². The lowest BCUT2D eigenvalue weighted by Gasteiger charge is -2.46. The van der Waals surface area contributed by atoms with Crippen LogP contribution >= 0.6 is 0 Å². The number of hydrogen-bond donors (Lipinski definition) is 2. The van der Waals surface area contributed by atoms with Crippen molar-refractivity contribution in [2.45, 2.75) is 104 Å². The van der Waals surface area contributed by atoms with Crippen molar-refractivity contribution in [2.24, 2.45) is 17.8 Å². The van der Waals surface area contributed by atoms with Crippen LogP contribution in [0.5, 0.6) is 0 Å². The fraction of sp³-hybridized carbons (Fsp3) is 0.867. The fourth-order valence-corrected chi connectivity index (χ4v) is 5.65. The summed E-state index contributed by atoms with van der Waals surface area (Å²) in [4.78, 5) is 31.9. The highest BCUT2D eigenvalue weighted by Gasteiger charge is 2.38. The first-order valence-electron chi connectivity index (χ1n) is 14.8. The summed E-state index contributed by atoms with van der Waals surface area (Å²) in [6.07, 6.45) is 6.11. The highest BCUT2D eigenvalue weighted by molar-refractivity contribution is 5.78. The van der Waals surface area contributed by atoms with Crippen LogP contribution in [-0.2, 0) is 9.59 Å². The first kappa shape index (κ1) is 31.8.